The van der Waals surface area contributed by atoms with Crippen LogP contribution < -0.4 is 5.73 Å². The summed E-state index contributed by atoms with van der Waals surface area (Å²) in [4.78, 5) is 14.2. The van der Waals surface area contributed by atoms with Crippen LogP contribution in [0.5, 0.6) is 0 Å². The Morgan fingerprint density at radius 3 is 2.60 bits per heavy atom. The number of carbonyl (C=O) groups excluding carboxylic acids is 1. The molecule has 1 aromatic rings. The molecule has 20 heavy (non-hydrogen) atoms. The van der Waals surface area contributed by atoms with Crippen molar-refractivity contribution < 1.29 is 9.53 Å². The van der Waals surface area contributed by atoms with E-state index in [4.69, 9.17) is 10.5 Å². The molecule has 112 valence electrons. The average Bonchev–Trinajstić information content (AvgIpc) is 2.43. The minimum absolute atomic E-state index is 0.138. The van der Waals surface area contributed by atoms with Gasteiger partial charge in [0.1, 0.15) is 0 Å². The zero-order valence-electron chi connectivity index (χ0n) is 12.8. The minimum Gasteiger partial charge on any atom is -0.383 e. The second-order valence-corrected chi connectivity index (χ2v) is 5.11. The normalized spacial score (nSPS) is 10.6. The molecule has 4 heteroatoms. The second-order valence-electron chi connectivity index (χ2n) is 5.11. The van der Waals surface area contributed by atoms with Gasteiger partial charge in [0.2, 0.25) is 5.91 Å². The van der Waals surface area contributed by atoms with Crippen LogP contribution >= 0.6 is 0 Å². The van der Waals surface area contributed by atoms with Gasteiger partial charge in [0.25, 0.3) is 0 Å². The zero-order valence-corrected chi connectivity index (χ0v) is 12.8. The molecule has 0 unspecified atom stereocenters. The third-order valence-electron chi connectivity index (χ3n) is 3.48. The molecule has 1 aromatic carbocycles. The first-order chi connectivity index (χ1) is 9.58. The minimum atomic E-state index is 0.138. The van der Waals surface area contributed by atoms with E-state index in [0.717, 1.165) is 12.0 Å². The molecule has 0 atom stereocenters. The maximum atomic E-state index is 12.4. The largest absolute Gasteiger partial charge is 0.383 e. The van der Waals surface area contributed by atoms with Crippen LogP contribution in [0.25, 0.3) is 0 Å². The van der Waals surface area contributed by atoms with Crippen LogP contribution in [0.2, 0.25) is 0 Å². The van der Waals surface area contributed by atoms with Gasteiger partial charge < -0.3 is 15.4 Å². The van der Waals surface area contributed by atoms with E-state index in [0.29, 0.717) is 32.7 Å². The highest BCUT2D eigenvalue weighted by Gasteiger charge is 2.13. The van der Waals surface area contributed by atoms with Crippen LogP contribution in [0.15, 0.2) is 18.2 Å². The third kappa shape index (κ3) is 5.31. The van der Waals surface area contributed by atoms with Gasteiger partial charge in [-0.25, -0.2) is 0 Å². The first-order valence-corrected chi connectivity index (χ1v) is 7.11. The fraction of sp³-hybridized carbons (Fsp3) is 0.562. The number of hydrogen-bond donors (Lipinski definition) is 1. The molecule has 0 bridgehead atoms. The molecule has 0 heterocycles. The highest BCUT2D eigenvalue weighted by atomic mass is 16.5. The van der Waals surface area contributed by atoms with Gasteiger partial charge in [0.15, 0.2) is 0 Å². The molecule has 0 aliphatic rings. The quantitative estimate of drug-likeness (QED) is 0.787. The predicted molar refractivity (Wildman–Crippen MR) is 81.7 cm³/mol. The van der Waals surface area contributed by atoms with Gasteiger partial charge in [0.05, 0.1) is 13.0 Å². The molecule has 0 fully saturated rings. The Morgan fingerprint density at radius 2 is 2.00 bits per heavy atom. The van der Waals surface area contributed by atoms with E-state index in [-0.39, 0.29) is 5.91 Å². The maximum absolute atomic E-state index is 12.4. The fourth-order valence-electron chi connectivity index (χ4n) is 2.04. The first-order valence-electron chi connectivity index (χ1n) is 7.11. The second kappa shape index (κ2) is 8.72. The number of nitrogens with two attached hydrogens (primary N) is 1. The van der Waals surface area contributed by atoms with Gasteiger partial charge in [-0.1, -0.05) is 18.2 Å². The van der Waals surface area contributed by atoms with Crippen molar-refractivity contribution in [3.05, 3.63) is 34.9 Å². The van der Waals surface area contributed by atoms with Crippen LogP contribution in [-0.2, 0) is 16.0 Å². The Balaban J connectivity index is 2.65. The van der Waals surface area contributed by atoms with Crippen LogP contribution in [0.3, 0.4) is 0 Å². The van der Waals surface area contributed by atoms with E-state index in [2.05, 4.69) is 26.0 Å². The van der Waals surface area contributed by atoms with Crippen molar-refractivity contribution in [2.45, 2.75) is 26.7 Å². The monoisotopic (exact) mass is 278 g/mol. The number of ether oxygens (including phenoxy) is 1. The SMILES string of the molecule is COCCN(CCCN)C(=O)Cc1ccc(C)c(C)c1. The van der Waals surface area contributed by atoms with Crippen LogP contribution in [0.1, 0.15) is 23.1 Å². The van der Waals surface area contributed by atoms with Crippen LogP contribution in [0, 0.1) is 13.8 Å². The Hall–Kier alpha value is -1.39. The molecule has 0 saturated carbocycles. The molecule has 0 spiro atoms. The molecule has 0 aromatic heterocycles. The molecule has 0 aliphatic heterocycles. The van der Waals surface area contributed by atoms with Crippen LogP contribution in [0.4, 0.5) is 0 Å². The lowest BCUT2D eigenvalue weighted by Crippen LogP contribution is -2.36. The summed E-state index contributed by atoms with van der Waals surface area (Å²) < 4.78 is 5.06. The number of nitrogens with zero attached hydrogens (tertiary/aromatic N) is 1. The van der Waals surface area contributed by atoms with E-state index in [1.54, 1.807) is 7.11 Å². The topological polar surface area (TPSA) is 55.6 Å². The number of carbonyl (C=O) groups is 1. The molecular formula is C16H26N2O2. The van der Waals surface area contributed by atoms with E-state index in [1.165, 1.54) is 11.1 Å². The van der Waals surface area contributed by atoms with E-state index in [1.807, 2.05) is 11.0 Å². The lowest BCUT2D eigenvalue weighted by molar-refractivity contribution is -0.131. The average molecular weight is 278 g/mol. The van der Waals surface area contributed by atoms with Gasteiger partial charge in [-0.3, -0.25) is 4.79 Å². The molecule has 0 saturated heterocycles. The van der Waals surface area contributed by atoms with Crippen molar-refractivity contribution in [2.75, 3.05) is 33.4 Å². The lowest BCUT2D eigenvalue weighted by atomic mass is 10.0. The van der Waals surface area contributed by atoms with Crippen molar-refractivity contribution in [3.63, 3.8) is 0 Å². The summed E-state index contributed by atoms with van der Waals surface area (Å²) in [5.74, 6) is 0.138. The summed E-state index contributed by atoms with van der Waals surface area (Å²) in [5.41, 5.74) is 9.06. The summed E-state index contributed by atoms with van der Waals surface area (Å²) in [5, 5.41) is 0. The van der Waals surface area contributed by atoms with Crippen molar-refractivity contribution in [1.29, 1.82) is 0 Å². The van der Waals surface area contributed by atoms with Crippen LogP contribution in [-0.4, -0.2) is 44.2 Å². The van der Waals surface area contributed by atoms with Gasteiger partial charge in [0, 0.05) is 20.2 Å². The highest BCUT2D eigenvalue weighted by molar-refractivity contribution is 5.78. The van der Waals surface area contributed by atoms with Gasteiger partial charge in [-0.15, -0.1) is 0 Å². The Bertz CT molecular complexity index is 424. The van der Waals surface area contributed by atoms with Gasteiger partial charge in [-0.2, -0.15) is 0 Å². The predicted octanol–water partition coefficient (Wildman–Crippen LogP) is 1.67. The number of methoxy groups -OCH3 is 1. The van der Waals surface area contributed by atoms with Crippen molar-refractivity contribution in [2.24, 2.45) is 5.73 Å². The number of rotatable bonds is 8. The molecule has 0 radical (unpaired) electrons. The molecule has 1 amide bonds. The Kier molecular flexibility index (Phi) is 7.26. The number of amides is 1. The number of hydrogen-bond acceptors (Lipinski definition) is 3. The Labute approximate surface area is 121 Å². The smallest absolute Gasteiger partial charge is 0.227 e. The first kappa shape index (κ1) is 16.7. The maximum Gasteiger partial charge on any atom is 0.227 e. The van der Waals surface area contributed by atoms with Crippen molar-refractivity contribution >= 4 is 5.91 Å². The molecular weight excluding hydrogens is 252 g/mol. The molecule has 4 nitrogen and oxygen atoms in total. The molecule has 2 N–H and O–H groups in total. The molecule has 0 aliphatic carbocycles. The fourth-order valence-corrected chi connectivity index (χ4v) is 2.04. The highest BCUT2D eigenvalue weighted by Crippen LogP contribution is 2.11. The number of aryl methyl sites for hydroxylation is 2. The summed E-state index contributed by atoms with van der Waals surface area (Å²) >= 11 is 0. The van der Waals surface area contributed by atoms with Gasteiger partial charge in [-0.05, 0) is 43.5 Å². The summed E-state index contributed by atoms with van der Waals surface area (Å²) in [6, 6.07) is 6.18. The Morgan fingerprint density at radius 1 is 1.25 bits per heavy atom. The summed E-state index contributed by atoms with van der Waals surface area (Å²) in [6.45, 7) is 6.63. The zero-order chi connectivity index (χ0) is 15.0. The molecule has 1 rings (SSSR count). The van der Waals surface area contributed by atoms with Crippen molar-refractivity contribution in [3.8, 4) is 0 Å². The van der Waals surface area contributed by atoms with E-state index < -0.39 is 0 Å². The van der Waals surface area contributed by atoms with Crippen molar-refractivity contribution in [1.82, 2.24) is 4.90 Å². The van der Waals surface area contributed by atoms with Gasteiger partial charge >= 0.3 is 0 Å². The number of benzene rings is 1. The standard InChI is InChI=1S/C16H26N2O2/c1-13-5-6-15(11-14(13)2)12-16(19)18(8-4-7-17)9-10-20-3/h5-6,11H,4,7-10,12,17H2,1-3H3. The van der Waals surface area contributed by atoms with E-state index in [9.17, 15) is 4.79 Å². The summed E-state index contributed by atoms with van der Waals surface area (Å²) in [7, 11) is 1.65. The van der Waals surface area contributed by atoms with E-state index >= 15 is 0 Å². The summed E-state index contributed by atoms with van der Waals surface area (Å²) in [6.07, 6.45) is 1.26. The lowest BCUT2D eigenvalue weighted by Gasteiger charge is -2.22. The third-order valence-corrected chi connectivity index (χ3v) is 3.48.